The number of carbonyl (C=O) groups excluding carboxylic acids is 1. The van der Waals surface area contributed by atoms with E-state index in [1.54, 1.807) is 6.20 Å². The van der Waals surface area contributed by atoms with Gasteiger partial charge in [0.2, 0.25) is 5.91 Å². The van der Waals surface area contributed by atoms with Crippen molar-refractivity contribution in [3.05, 3.63) is 18.0 Å². The first-order valence-corrected chi connectivity index (χ1v) is 6.60. The highest BCUT2D eigenvalue weighted by Gasteiger charge is 2.04. The molecule has 0 spiro atoms. The molecule has 2 N–H and O–H groups in total. The van der Waals surface area contributed by atoms with Gasteiger partial charge in [-0.1, -0.05) is 6.92 Å². The highest BCUT2D eigenvalue weighted by atomic mass is 16.1. The van der Waals surface area contributed by atoms with E-state index in [-0.39, 0.29) is 11.9 Å². The lowest BCUT2D eigenvalue weighted by Crippen LogP contribution is -2.34. The van der Waals surface area contributed by atoms with Gasteiger partial charge in [0.25, 0.3) is 0 Å². The van der Waals surface area contributed by atoms with E-state index in [4.69, 9.17) is 0 Å². The molecular formula is C13H24N4O. The van der Waals surface area contributed by atoms with Gasteiger partial charge in [-0.15, -0.1) is 0 Å². The van der Waals surface area contributed by atoms with Crippen LogP contribution in [0.15, 0.2) is 12.3 Å². The smallest absolute Gasteiger partial charge is 0.221 e. The van der Waals surface area contributed by atoms with E-state index < -0.39 is 0 Å². The predicted octanol–water partition coefficient (Wildman–Crippen LogP) is 0.857. The Morgan fingerprint density at radius 2 is 2.28 bits per heavy atom. The Bertz CT molecular complexity index is 362. The lowest BCUT2D eigenvalue weighted by Gasteiger charge is -2.11. The Balaban J connectivity index is 2.05. The summed E-state index contributed by atoms with van der Waals surface area (Å²) in [5.74, 6) is 0.123. The summed E-state index contributed by atoms with van der Waals surface area (Å²) in [6.07, 6.45) is 4.24. The van der Waals surface area contributed by atoms with Crippen LogP contribution in [0, 0.1) is 0 Å². The maximum absolute atomic E-state index is 11.5. The third-order valence-corrected chi connectivity index (χ3v) is 3.03. The molecule has 1 rings (SSSR count). The van der Waals surface area contributed by atoms with Crippen LogP contribution in [-0.2, 0) is 18.3 Å². The van der Waals surface area contributed by atoms with Gasteiger partial charge in [-0.05, 0) is 19.4 Å². The van der Waals surface area contributed by atoms with Crippen molar-refractivity contribution in [1.29, 1.82) is 0 Å². The lowest BCUT2D eigenvalue weighted by molar-refractivity contribution is -0.121. The summed E-state index contributed by atoms with van der Waals surface area (Å²) in [6.45, 7) is 5.68. The summed E-state index contributed by atoms with van der Waals surface area (Å²) in [4.78, 5) is 11.5. The number of aryl methyl sites for hydroxylation is 1. The maximum Gasteiger partial charge on any atom is 0.221 e. The zero-order valence-corrected chi connectivity index (χ0v) is 11.6. The van der Waals surface area contributed by atoms with Crippen LogP contribution >= 0.6 is 0 Å². The molecule has 5 nitrogen and oxygen atoms in total. The second kappa shape index (κ2) is 7.87. The van der Waals surface area contributed by atoms with Gasteiger partial charge >= 0.3 is 0 Å². The molecule has 0 aliphatic carbocycles. The van der Waals surface area contributed by atoms with Crippen molar-refractivity contribution >= 4 is 5.91 Å². The van der Waals surface area contributed by atoms with Crippen LogP contribution in [0.25, 0.3) is 0 Å². The Hall–Kier alpha value is -1.36. The number of hydrogen-bond donors (Lipinski definition) is 2. The number of carbonyl (C=O) groups is 1. The van der Waals surface area contributed by atoms with Crippen LogP contribution in [0.3, 0.4) is 0 Å². The number of nitrogens with one attached hydrogen (secondary N) is 2. The largest absolute Gasteiger partial charge is 0.354 e. The third-order valence-electron chi connectivity index (χ3n) is 3.03. The average molecular weight is 252 g/mol. The molecule has 0 aliphatic rings. The predicted molar refractivity (Wildman–Crippen MR) is 72.3 cm³/mol. The van der Waals surface area contributed by atoms with Crippen LogP contribution in [-0.4, -0.2) is 34.8 Å². The lowest BCUT2D eigenvalue weighted by atomic mass is 10.2. The fraction of sp³-hybridized carbons (Fsp3) is 0.692. The summed E-state index contributed by atoms with van der Waals surface area (Å²) < 4.78 is 1.87. The van der Waals surface area contributed by atoms with Crippen molar-refractivity contribution in [3.63, 3.8) is 0 Å². The normalized spacial score (nSPS) is 12.4. The molecule has 1 aromatic rings. The fourth-order valence-corrected chi connectivity index (χ4v) is 1.64. The molecule has 1 aromatic heterocycles. The second-order valence-electron chi connectivity index (χ2n) is 4.57. The summed E-state index contributed by atoms with van der Waals surface area (Å²) in [7, 11) is 1.94. The SMILES string of the molecule is CCC(C)NC(=O)CCNCCc1ccnn1C. The zero-order chi connectivity index (χ0) is 13.4. The van der Waals surface area contributed by atoms with Gasteiger partial charge in [0.05, 0.1) is 0 Å². The van der Waals surface area contributed by atoms with E-state index in [2.05, 4.69) is 22.7 Å². The molecule has 0 saturated heterocycles. The van der Waals surface area contributed by atoms with Gasteiger partial charge in [-0.3, -0.25) is 9.48 Å². The quantitative estimate of drug-likeness (QED) is 0.675. The van der Waals surface area contributed by atoms with Crippen molar-refractivity contribution < 1.29 is 4.79 Å². The van der Waals surface area contributed by atoms with Crippen LogP contribution in [0.1, 0.15) is 32.4 Å². The van der Waals surface area contributed by atoms with Crippen LogP contribution in [0.5, 0.6) is 0 Å². The fourth-order valence-electron chi connectivity index (χ4n) is 1.64. The molecule has 0 aliphatic heterocycles. The van der Waals surface area contributed by atoms with Gasteiger partial charge < -0.3 is 10.6 Å². The van der Waals surface area contributed by atoms with E-state index in [0.717, 1.165) is 25.9 Å². The molecule has 0 aromatic carbocycles. The Labute approximate surface area is 109 Å². The van der Waals surface area contributed by atoms with Crippen molar-refractivity contribution in [2.45, 2.75) is 39.2 Å². The van der Waals surface area contributed by atoms with E-state index in [1.165, 1.54) is 5.69 Å². The molecular weight excluding hydrogens is 228 g/mol. The van der Waals surface area contributed by atoms with Gasteiger partial charge in [0.1, 0.15) is 0 Å². The van der Waals surface area contributed by atoms with Gasteiger partial charge in [0, 0.05) is 50.9 Å². The van der Waals surface area contributed by atoms with Gasteiger partial charge in [0.15, 0.2) is 0 Å². The van der Waals surface area contributed by atoms with Gasteiger partial charge in [-0.2, -0.15) is 5.10 Å². The minimum atomic E-state index is 0.123. The molecule has 0 fully saturated rings. The van der Waals surface area contributed by atoms with Crippen LogP contribution < -0.4 is 10.6 Å². The Morgan fingerprint density at radius 1 is 1.50 bits per heavy atom. The summed E-state index contributed by atoms with van der Waals surface area (Å²) in [5, 5.41) is 10.3. The highest BCUT2D eigenvalue weighted by molar-refractivity contribution is 5.76. The zero-order valence-electron chi connectivity index (χ0n) is 11.6. The number of amides is 1. The summed E-state index contributed by atoms with van der Waals surface area (Å²) >= 11 is 0. The Morgan fingerprint density at radius 3 is 2.89 bits per heavy atom. The van der Waals surface area contributed by atoms with E-state index in [9.17, 15) is 4.79 Å². The van der Waals surface area contributed by atoms with Crippen molar-refractivity contribution in [3.8, 4) is 0 Å². The molecule has 18 heavy (non-hydrogen) atoms. The first-order chi connectivity index (χ1) is 8.63. The van der Waals surface area contributed by atoms with Crippen molar-refractivity contribution in [2.24, 2.45) is 7.05 Å². The first-order valence-electron chi connectivity index (χ1n) is 6.60. The van der Waals surface area contributed by atoms with Crippen LogP contribution in [0.4, 0.5) is 0 Å². The molecule has 1 heterocycles. The highest BCUT2D eigenvalue weighted by Crippen LogP contribution is 1.96. The van der Waals surface area contributed by atoms with Crippen molar-refractivity contribution in [1.82, 2.24) is 20.4 Å². The monoisotopic (exact) mass is 252 g/mol. The number of aromatic nitrogens is 2. The van der Waals surface area contributed by atoms with E-state index in [0.29, 0.717) is 6.42 Å². The standard InChI is InChI=1S/C13H24N4O/c1-4-11(2)16-13(18)7-9-14-8-5-12-6-10-15-17(12)3/h6,10-11,14H,4-5,7-9H2,1-3H3,(H,16,18). The van der Waals surface area contributed by atoms with Crippen LogP contribution in [0.2, 0.25) is 0 Å². The third kappa shape index (κ3) is 5.31. The minimum Gasteiger partial charge on any atom is -0.354 e. The topological polar surface area (TPSA) is 59.0 Å². The van der Waals surface area contributed by atoms with Crippen molar-refractivity contribution in [2.75, 3.05) is 13.1 Å². The summed E-state index contributed by atoms with van der Waals surface area (Å²) in [5.41, 5.74) is 1.20. The Kier molecular flexibility index (Phi) is 6.43. The maximum atomic E-state index is 11.5. The molecule has 0 bridgehead atoms. The molecule has 5 heteroatoms. The molecule has 0 saturated carbocycles. The number of hydrogen-bond acceptors (Lipinski definition) is 3. The average Bonchev–Trinajstić information content (AvgIpc) is 2.74. The van der Waals surface area contributed by atoms with E-state index in [1.807, 2.05) is 24.7 Å². The summed E-state index contributed by atoms with van der Waals surface area (Å²) in [6, 6.07) is 2.28. The van der Waals surface area contributed by atoms with Gasteiger partial charge in [-0.25, -0.2) is 0 Å². The molecule has 102 valence electrons. The molecule has 0 radical (unpaired) electrons. The molecule has 1 atom stereocenters. The minimum absolute atomic E-state index is 0.123. The van der Waals surface area contributed by atoms with E-state index >= 15 is 0 Å². The first kappa shape index (κ1) is 14.7. The number of nitrogens with zero attached hydrogens (tertiary/aromatic N) is 2. The second-order valence-corrected chi connectivity index (χ2v) is 4.57. The molecule has 1 unspecified atom stereocenters. The number of rotatable bonds is 8. The molecule has 1 amide bonds.